The molecule has 1 aromatic carbocycles. The van der Waals surface area contributed by atoms with E-state index in [0.29, 0.717) is 6.42 Å². The smallest absolute Gasteiger partial charge is 0.220 e. The van der Waals surface area contributed by atoms with Gasteiger partial charge in [-0.15, -0.1) is 0 Å². The number of aryl methyl sites for hydroxylation is 1. The molecule has 19 heavy (non-hydrogen) atoms. The molecule has 106 valence electrons. The second-order valence-corrected chi connectivity index (χ2v) is 5.10. The first-order valence-corrected chi connectivity index (χ1v) is 7.20. The van der Waals surface area contributed by atoms with Crippen LogP contribution in [-0.4, -0.2) is 12.5 Å². The van der Waals surface area contributed by atoms with Crippen LogP contribution < -0.4 is 11.1 Å². The van der Waals surface area contributed by atoms with Gasteiger partial charge in [-0.1, -0.05) is 37.1 Å². The molecule has 3 N–H and O–H groups in total. The van der Waals surface area contributed by atoms with Crippen molar-refractivity contribution < 1.29 is 4.79 Å². The number of hydrogen-bond acceptors (Lipinski definition) is 2. The highest BCUT2D eigenvalue weighted by atomic mass is 16.1. The van der Waals surface area contributed by atoms with Gasteiger partial charge in [-0.25, -0.2) is 0 Å². The summed E-state index contributed by atoms with van der Waals surface area (Å²) in [4.78, 5) is 11.8. The van der Waals surface area contributed by atoms with Gasteiger partial charge in [0.05, 0.1) is 6.04 Å². The second-order valence-electron chi connectivity index (χ2n) is 5.10. The fourth-order valence-corrected chi connectivity index (χ4v) is 2.25. The van der Waals surface area contributed by atoms with Crippen LogP contribution in [0.1, 0.15) is 56.2 Å². The van der Waals surface area contributed by atoms with Crippen molar-refractivity contribution in [3.8, 4) is 0 Å². The third kappa shape index (κ3) is 5.88. The summed E-state index contributed by atoms with van der Waals surface area (Å²) in [6.45, 7) is 4.86. The Kier molecular flexibility index (Phi) is 7.19. The molecular weight excluding hydrogens is 236 g/mol. The Morgan fingerprint density at radius 2 is 1.89 bits per heavy atom. The fourth-order valence-electron chi connectivity index (χ4n) is 2.25. The highest BCUT2D eigenvalue weighted by Gasteiger charge is 2.10. The summed E-state index contributed by atoms with van der Waals surface area (Å²) in [5.74, 6) is 0.142. The summed E-state index contributed by atoms with van der Waals surface area (Å²) in [6.07, 6.45) is 4.83. The van der Waals surface area contributed by atoms with E-state index in [1.165, 1.54) is 11.1 Å². The zero-order chi connectivity index (χ0) is 14.1. The molecular formula is C16H26N2O. The Labute approximate surface area is 116 Å². The first-order valence-electron chi connectivity index (χ1n) is 7.20. The van der Waals surface area contributed by atoms with Crippen molar-refractivity contribution in [2.24, 2.45) is 5.73 Å². The lowest BCUT2D eigenvalue weighted by molar-refractivity contribution is -0.121. The summed E-state index contributed by atoms with van der Waals surface area (Å²) < 4.78 is 0. The minimum absolute atomic E-state index is 0.0812. The van der Waals surface area contributed by atoms with E-state index in [2.05, 4.69) is 24.4 Å². The van der Waals surface area contributed by atoms with Gasteiger partial charge in [0, 0.05) is 6.42 Å². The molecule has 0 fully saturated rings. The van der Waals surface area contributed by atoms with E-state index in [9.17, 15) is 4.79 Å². The van der Waals surface area contributed by atoms with Crippen LogP contribution in [0.15, 0.2) is 24.3 Å². The first kappa shape index (κ1) is 15.7. The van der Waals surface area contributed by atoms with Crippen LogP contribution >= 0.6 is 0 Å². The average Bonchev–Trinajstić information content (AvgIpc) is 2.39. The number of carbonyl (C=O) groups excluding carboxylic acids is 1. The van der Waals surface area contributed by atoms with Gasteiger partial charge in [-0.2, -0.15) is 0 Å². The van der Waals surface area contributed by atoms with Crippen LogP contribution in [0.3, 0.4) is 0 Å². The highest BCUT2D eigenvalue weighted by Crippen LogP contribution is 2.16. The van der Waals surface area contributed by atoms with E-state index in [1.54, 1.807) is 0 Å². The van der Waals surface area contributed by atoms with Crippen molar-refractivity contribution in [3.05, 3.63) is 35.4 Å². The van der Waals surface area contributed by atoms with E-state index in [0.717, 1.165) is 32.2 Å². The van der Waals surface area contributed by atoms with Gasteiger partial charge in [0.25, 0.3) is 0 Å². The Hall–Kier alpha value is -1.35. The molecule has 0 aliphatic carbocycles. The number of hydrogen-bond donors (Lipinski definition) is 2. The van der Waals surface area contributed by atoms with Crippen molar-refractivity contribution in [1.29, 1.82) is 0 Å². The van der Waals surface area contributed by atoms with Crippen LogP contribution in [0.2, 0.25) is 0 Å². The fraction of sp³-hybridized carbons (Fsp3) is 0.562. The van der Waals surface area contributed by atoms with Crippen molar-refractivity contribution >= 4 is 5.91 Å². The number of carbonyl (C=O) groups is 1. The van der Waals surface area contributed by atoms with Gasteiger partial charge in [0.1, 0.15) is 0 Å². The van der Waals surface area contributed by atoms with Gasteiger partial charge in [-0.3, -0.25) is 4.79 Å². The topological polar surface area (TPSA) is 55.1 Å². The monoisotopic (exact) mass is 262 g/mol. The zero-order valence-corrected chi connectivity index (χ0v) is 12.1. The predicted molar refractivity (Wildman–Crippen MR) is 79.9 cm³/mol. The van der Waals surface area contributed by atoms with Crippen molar-refractivity contribution in [3.63, 3.8) is 0 Å². The normalized spacial score (nSPS) is 12.2. The lowest BCUT2D eigenvalue weighted by Crippen LogP contribution is -2.26. The molecule has 0 aliphatic heterocycles. The maximum absolute atomic E-state index is 11.8. The van der Waals surface area contributed by atoms with Crippen LogP contribution in [0.25, 0.3) is 0 Å². The third-order valence-electron chi connectivity index (χ3n) is 3.39. The Balaban J connectivity index is 2.30. The van der Waals surface area contributed by atoms with Gasteiger partial charge < -0.3 is 11.1 Å². The molecule has 1 rings (SSSR count). The Morgan fingerprint density at radius 1 is 1.21 bits per heavy atom. The van der Waals surface area contributed by atoms with Crippen molar-refractivity contribution in [2.75, 3.05) is 6.54 Å². The van der Waals surface area contributed by atoms with Crippen molar-refractivity contribution in [2.45, 2.75) is 52.0 Å². The van der Waals surface area contributed by atoms with Crippen LogP contribution in [0, 0.1) is 6.92 Å². The predicted octanol–water partition coefficient (Wildman–Crippen LogP) is 3.08. The molecule has 1 amide bonds. The van der Waals surface area contributed by atoms with E-state index < -0.39 is 0 Å². The average molecular weight is 262 g/mol. The number of unbranched alkanes of at least 4 members (excludes halogenated alkanes) is 3. The molecule has 3 nitrogen and oxygen atoms in total. The number of benzene rings is 1. The summed E-state index contributed by atoms with van der Waals surface area (Å²) >= 11 is 0. The summed E-state index contributed by atoms with van der Waals surface area (Å²) in [5, 5.41) is 3.06. The SMILES string of the molecule is Cc1ccccc1C(C)NC(=O)CCCCCCN. The first-order chi connectivity index (χ1) is 9.15. The van der Waals surface area contributed by atoms with Gasteiger partial charge in [-0.05, 0) is 44.4 Å². The molecule has 0 saturated carbocycles. The van der Waals surface area contributed by atoms with Crippen LogP contribution in [0.5, 0.6) is 0 Å². The molecule has 0 spiro atoms. The number of nitrogens with one attached hydrogen (secondary N) is 1. The molecule has 0 saturated heterocycles. The quantitative estimate of drug-likeness (QED) is 0.707. The van der Waals surface area contributed by atoms with E-state index in [-0.39, 0.29) is 11.9 Å². The molecule has 1 aromatic rings. The second kappa shape index (κ2) is 8.70. The molecule has 0 heterocycles. The van der Waals surface area contributed by atoms with Crippen molar-refractivity contribution in [1.82, 2.24) is 5.32 Å². The van der Waals surface area contributed by atoms with Gasteiger partial charge >= 0.3 is 0 Å². The van der Waals surface area contributed by atoms with Crippen LogP contribution in [-0.2, 0) is 4.79 Å². The lowest BCUT2D eigenvalue weighted by Gasteiger charge is -2.16. The van der Waals surface area contributed by atoms with E-state index in [1.807, 2.05) is 19.1 Å². The summed E-state index contributed by atoms with van der Waals surface area (Å²) in [5.41, 5.74) is 7.85. The molecule has 1 atom stereocenters. The largest absolute Gasteiger partial charge is 0.350 e. The molecule has 0 radical (unpaired) electrons. The van der Waals surface area contributed by atoms with E-state index >= 15 is 0 Å². The minimum atomic E-state index is 0.0812. The molecule has 3 heteroatoms. The van der Waals surface area contributed by atoms with Gasteiger partial charge in [0.15, 0.2) is 0 Å². The molecule has 1 unspecified atom stereocenters. The third-order valence-corrected chi connectivity index (χ3v) is 3.39. The Bertz CT molecular complexity index is 390. The lowest BCUT2D eigenvalue weighted by atomic mass is 10.0. The molecule has 0 aliphatic rings. The summed E-state index contributed by atoms with van der Waals surface area (Å²) in [6, 6.07) is 8.26. The molecule has 0 bridgehead atoms. The maximum Gasteiger partial charge on any atom is 0.220 e. The minimum Gasteiger partial charge on any atom is -0.350 e. The highest BCUT2D eigenvalue weighted by molar-refractivity contribution is 5.76. The number of amides is 1. The standard InChI is InChI=1S/C16H26N2O/c1-13-9-6-7-10-15(13)14(2)18-16(19)11-5-3-4-8-12-17/h6-7,9-10,14H,3-5,8,11-12,17H2,1-2H3,(H,18,19). The summed E-state index contributed by atoms with van der Waals surface area (Å²) in [7, 11) is 0. The zero-order valence-electron chi connectivity index (χ0n) is 12.1. The Morgan fingerprint density at radius 3 is 2.58 bits per heavy atom. The molecule has 0 aromatic heterocycles. The maximum atomic E-state index is 11.8. The number of rotatable bonds is 8. The van der Waals surface area contributed by atoms with Crippen LogP contribution in [0.4, 0.5) is 0 Å². The van der Waals surface area contributed by atoms with Gasteiger partial charge in [0.2, 0.25) is 5.91 Å². The number of nitrogens with two attached hydrogens (primary N) is 1. The van der Waals surface area contributed by atoms with E-state index in [4.69, 9.17) is 5.73 Å².